The zero-order valence-corrected chi connectivity index (χ0v) is 25.7. The molecule has 1 aliphatic heterocycles. The smallest absolute Gasteiger partial charge is 0.342 e. The predicted octanol–water partition coefficient (Wildman–Crippen LogP) is 8.38. The van der Waals surface area contributed by atoms with Gasteiger partial charge in [0.25, 0.3) is 0 Å². The van der Waals surface area contributed by atoms with Crippen LogP contribution in [-0.2, 0) is 22.5 Å². The van der Waals surface area contributed by atoms with Crippen LogP contribution in [0.5, 0.6) is 17.2 Å². The molecule has 0 bridgehead atoms. The molecular formula is C33H43ClO7. The standard InChI is InChI=1S/C33H43ClO7/c1-6-8-10-12-14-22(15-16-24-30(35)29-26(20-41-33(29)37)21(3)31(24)39-5)25-18-23(38-4)19-27(34)28(25)32(36)40-17-13-11-9-7-2/h15,18-19,35H,6-14,16-17,20H2,1-5H3/b22-15+. The predicted molar refractivity (Wildman–Crippen MR) is 161 cm³/mol. The zero-order chi connectivity index (χ0) is 29.9. The van der Waals surface area contributed by atoms with Gasteiger partial charge in [-0.2, -0.15) is 0 Å². The zero-order valence-electron chi connectivity index (χ0n) is 25.0. The third-order valence-corrected chi connectivity index (χ3v) is 7.88. The number of fused-ring (bicyclic) bond motifs is 1. The molecule has 1 N–H and O–H groups in total. The second-order valence-electron chi connectivity index (χ2n) is 10.4. The number of halogens is 1. The van der Waals surface area contributed by atoms with Crippen molar-refractivity contribution in [3.63, 3.8) is 0 Å². The van der Waals surface area contributed by atoms with Gasteiger partial charge in [0, 0.05) is 11.1 Å². The summed E-state index contributed by atoms with van der Waals surface area (Å²) in [5.74, 6) is -0.115. The second kappa shape index (κ2) is 15.7. The number of aromatic hydroxyl groups is 1. The van der Waals surface area contributed by atoms with E-state index >= 15 is 0 Å². The fourth-order valence-electron chi connectivity index (χ4n) is 5.27. The van der Waals surface area contributed by atoms with Crippen LogP contribution in [-0.4, -0.2) is 37.9 Å². The van der Waals surface area contributed by atoms with Gasteiger partial charge in [0.2, 0.25) is 0 Å². The molecule has 7 nitrogen and oxygen atoms in total. The van der Waals surface area contributed by atoms with Crippen LogP contribution in [0.4, 0.5) is 0 Å². The summed E-state index contributed by atoms with van der Waals surface area (Å²) in [6.45, 7) is 6.58. The van der Waals surface area contributed by atoms with Crippen molar-refractivity contribution < 1.29 is 33.6 Å². The van der Waals surface area contributed by atoms with Gasteiger partial charge in [-0.15, -0.1) is 0 Å². The Morgan fingerprint density at radius 3 is 2.41 bits per heavy atom. The molecule has 0 atom stereocenters. The Balaban J connectivity index is 2.07. The number of carbonyl (C=O) groups is 2. The van der Waals surface area contributed by atoms with Crippen molar-refractivity contribution in [2.24, 2.45) is 0 Å². The van der Waals surface area contributed by atoms with Gasteiger partial charge < -0.3 is 24.1 Å². The Morgan fingerprint density at radius 2 is 1.76 bits per heavy atom. The molecule has 2 aromatic rings. The van der Waals surface area contributed by atoms with Crippen molar-refractivity contribution in [3.05, 3.63) is 56.6 Å². The van der Waals surface area contributed by atoms with Gasteiger partial charge in [0.1, 0.15) is 29.4 Å². The number of cyclic esters (lactones) is 1. The number of esters is 2. The second-order valence-corrected chi connectivity index (χ2v) is 10.8. The van der Waals surface area contributed by atoms with E-state index in [1.54, 1.807) is 20.3 Å². The molecule has 1 heterocycles. The van der Waals surface area contributed by atoms with Crippen molar-refractivity contribution in [1.29, 1.82) is 0 Å². The fourth-order valence-corrected chi connectivity index (χ4v) is 5.55. The Labute approximate surface area is 248 Å². The first kappa shape index (κ1) is 32.3. The number of methoxy groups -OCH3 is 2. The Morgan fingerprint density at radius 1 is 1.05 bits per heavy atom. The van der Waals surface area contributed by atoms with E-state index in [1.807, 2.05) is 19.1 Å². The maximum atomic E-state index is 13.4. The van der Waals surface area contributed by atoms with Gasteiger partial charge in [0.05, 0.1) is 31.4 Å². The molecule has 0 radical (unpaired) electrons. The summed E-state index contributed by atoms with van der Waals surface area (Å²) in [7, 11) is 3.10. The average Bonchev–Trinajstić information content (AvgIpc) is 3.36. The average molecular weight is 587 g/mol. The first-order chi connectivity index (χ1) is 19.8. The quantitative estimate of drug-likeness (QED) is 0.156. The molecule has 224 valence electrons. The lowest BCUT2D eigenvalue weighted by Crippen LogP contribution is -2.11. The monoisotopic (exact) mass is 586 g/mol. The summed E-state index contributed by atoms with van der Waals surface area (Å²) in [5, 5.41) is 11.4. The molecule has 8 heteroatoms. The van der Waals surface area contributed by atoms with E-state index in [2.05, 4.69) is 13.8 Å². The molecule has 0 spiro atoms. The van der Waals surface area contributed by atoms with E-state index in [0.717, 1.165) is 62.5 Å². The van der Waals surface area contributed by atoms with E-state index in [4.69, 9.17) is 30.5 Å². The molecule has 3 rings (SSSR count). The van der Waals surface area contributed by atoms with Crippen LogP contribution in [0.25, 0.3) is 5.57 Å². The summed E-state index contributed by atoms with van der Waals surface area (Å²) in [4.78, 5) is 25.8. The number of hydrogen-bond acceptors (Lipinski definition) is 7. The number of hydrogen-bond donors (Lipinski definition) is 1. The lowest BCUT2D eigenvalue weighted by molar-refractivity contribution is 0.0495. The number of unbranched alkanes of at least 4 members (excludes halogenated alkanes) is 6. The minimum absolute atomic E-state index is 0.106. The van der Waals surface area contributed by atoms with Crippen LogP contribution in [0.15, 0.2) is 18.2 Å². The van der Waals surface area contributed by atoms with E-state index in [1.165, 1.54) is 0 Å². The summed E-state index contributed by atoms with van der Waals surface area (Å²) >= 11 is 6.67. The van der Waals surface area contributed by atoms with Crippen molar-refractivity contribution >= 4 is 29.1 Å². The molecular weight excluding hydrogens is 544 g/mol. The van der Waals surface area contributed by atoms with Crippen molar-refractivity contribution in [1.82, 2.24) is 0 Å². The fraction of sp³-hybridized carbons (Fsp3) is 0.515. The molecule has 0 aromatic heterocycles. The maximum Gasteiger partial charge on any atom is 0.342 e. The molecule has 1 aliphatic rings. The van der Waals surface area contributed by atoms with Crippen molar-refractivity contribution in [2.75, 3.05) is 20.8 Å². The molecule has 0 saturated carbocycles. The van der Waals surface area contributed by atoms with Gasteiger partial charge in [-0.1, -0.05) is 70.0 Å². The number of rotatable bonds is 16. The van der Waals surface area contributed by atoms with Crippen LogP contribution in [0.1, 0.15) is 115 Å². The summed E-state index contributed by atoms with van der Waals surface area (Å²) in [6, 6.07) is 3.44. The highest BCUT2D eigenvalue weighted by molar-refractivity contribution is 6.34. The van der Waals surface area contributed by atoms with E-state index in [0.29, 0.717) is 46.8 Å². The van der Waals surface area contributed by atoms with E-state index in [-0.39, 0.29) is 29.4 Å². The normalized spacial score (nSPS) is 12.7. The number of phenols is 1. The van der Waals surface area contributed by atoms with Gasteiger partial charge in [0.15, 0.2) is 0 Å². The van der Waals surface area contributed by atoms with E-state index in [9.17, 15) is 14.7 Å². The Bertz CT molecular complexity index is 1270. The molecule has 0 saturated heterocycles. The van der Waals surface area contributed by atoms with E-state index < -0.39 is 11.9 Å². The third kappa shape index (κ3) is 7.76. The number of allylic oxidation sites excluding steroid dienone is 2. The number of benzene rings is 2. The molecule has 0 amide bonds. The number of ether oxygens (including phenoxy) is 4. The topological polar surface area (TPSA) is 91.3 Å². The van der Waals surface area contributed by atoms with Crippen molar-refractivity contribution in [2.45, 2.75) is 91.6 Å². The summed E-state index contributed by atoms with van der Waals surface area (Å²) in [5.41, 5.74) is 3.89. The largest absolute Gasteiger partial charge is 0.507 e. The first-order valence-corrected chi connectivity index (χ1v) is 15.0. The lowest BCUT2D eigenvalue weighted by Gasteiger charge is -2.18. The molecule has 0 fully saturated rings. The lowest BCUT2D eigenvalue weighted by atomic mass is 9.91. The Kier molecular flexibility index (Phi) is 12.4. The van der Waals surface area contributed by atoms with Crippen LogP contribution in [0.3, 0.4) is 0 Å². The van der Waals surface area contributed by atoms with Crippen LogP contribution >= 0.6 is 11.6 Å². The van der Waals surface area contributed by atoms with Gasteiger partial charge >= 0.3 is 11.9 Å². The van der Waals surface area contributed by atoms with Crippen molar-refractivity contribution in [3.8, 4) is 17.2 Å². The maximum absolute atomic E-state index is 13.4. The molecule has 0 aliphatic carbocycles. The van der Waals surface area contributed by atoms with Gasteiger partial charge in [-0.3, -0.25) is 0 Å². The van der Waals surface area contributed by atoms with Gasteiger partial charge in [-0.05, 0) is 61.4 Å². The number of phenolic OH excluding ortho intramolecular Hbond substituents is 1. The number of carbonyl (C=O) groups excluding carboxylic acids is 2. The highest BCUT2D eigenvalue weighted by Gasteiger charge is 2.32. The minimum atomic E-state index is -0.545. The van der Waals surface area contributed by atoms with Crippen LogP contribution < -0.4 is 9.47 Å². The van der Waals surface area contributed by atoms with Gasteiger partial charge in [-0.25, -0.2) is 9.59 Å². The van der Waals surface area contributed by atoms with Crippen LogP contribution in [0.2, 0.25) is 5.02 Å². The molecule has 2 aromatic carbocycles. The highest BCUT2D eigenvalue weighted by Crippen LogP contribution is 2.43. The molecule has 0 unspecified atom stereocenters. The summed E-state index contributed by atoms with van der Waals surface area (Å²) < 4.78 is 22.0. The van der Waals surface area contributed by atoms with Crippen LogP contribution in [0, 0.1) is 6.92 Å². The SMILES string of the molecule is CCCCCCOC(=O)c1c(Cl)cc(OC)cc1/C(=C/Cc1c(O)c2c(c(C)c1OC)COC2=O)CCCCCC. The third-order valence-electron chi connectivity index (χ3n) is 7.58. The molecule has 41 heavy (non-hydrogen) atoms. The Hall–Kier alpha value is -3.19. The first-order valence-electron chi connectivity index (χ1n) is 14.6. The summed E-state index contributed by atoms with van der Waals surface area (Å²) in [6.07, 6.45) is 11.0. The minimum Gasteiger partial charge on any atom is -0.507 e. The highest BCUT2D eigenvalue weighted by atomic mass is 35.5.